The molecule has 0 bridgehead atoms. The summed E-state index contributed by atoms with van der Waals surface area (Å²) in [6.07, 6.45) is 1.27. The van der Waals surface area contributed by atoms with Gasteiger partial charge in [0.25, 0.3) is 0 Å². The third-order valence-corrected chi connectivity index (χ3v) is 5.96. The van der Waals surface area contributed by atoms with E-state index in [9.17, 15) is 0 Å². The molecule has 1 aliphatic heterocycles. The van der Waals surface area contributed by atoms with Crippen LogP contribution in [0.15, 0.2) is 29.6 Å². The number of hydrogen-bond donors (Lipinski definition) is 1. The van der Waals surface area contributed by atoms with E-state index in [0.717, 1.165) is 0 Å². The lowest BCUT2D eigenvalue weighted by Crippen LogP contribution is -2.35. The van der Waals surface area contributed by atoms with Crippen molar-refractivity contribution in [2.24, 2.45) is 5.41 Å². The zero-order chi connectivity index (χ0) is 12.6. The average Bonchev–Trinajstić information content (AvgIpc) is 2.74. The summed E-state index contributed by atoms with van der Waals surface area (Å²) >= 11 is 3.88. The van der Waals surface area contributed by atoms with Crippen molar-refractivity contribution < 1.29 is 0 Å². The van der Waals surface area contributed by atoms with Crippen LogP contribution in [-0.2, 0) is 0 Å². The summed E-state index contributed by atoms with van der Waals surface area (Å²) in [6, 6.07) is 9.52. The van der Waals surface area contributed by atoms with Crippen LogP contribution < -0.4 is 5.32 Å². The van der Waals surface area contributed by atoms with Crippen LogP contribution in [0, 0.1) is 5.41 Å². The van der Waals surface area contributed by atoms with Gasteiger partial charge in [0, 0.05) is 22.2 Å². The van der Waals surface area contributed by atoms with E-state index in [2.05, 4.69) is 60.6 Å². The van der Waals surface area contributed by atoms with Gasteiger partial charge in [0.05, 0.1) is 0 Å². The van der Waals surface area contributed by atoms with E-state index < -0.39 is 0 Å². The van der Waals surface area contributed by atoms with Crippen LogP contribution in [0.3, 0.4) is 0 Å². The van der Waals surface area contributed by atoms with E-state index in [1.807, 2.05) is 11.3 Å². The van der Waals surface area contributed by atoms with Crippen LogP contribution in [0.2, 0.25) is 0 Å². The Hall–Kier alpha value is -0.670. The first-order chi connectivity index (χ1) is 8.62. The van der Waals surface area contributed by atoms with E-state index in [0.29, 0.717) is 11.5 Å². The summed E-state index contributed by atoms with van der Waals surface area (Å²) in [5.41, 5.74) is 1.73. The molecule has 3 rings (SSSR count). The fourth-order valence-corrected chi connectivity index (χ4v) is 4.69. The molecule has 2 heterocycles. The molecule has 18 heavy (non-hydrogen) atoms. The molecule has 96 valence electrons. The molecule has 0 radical (unpaired) electrons. The molecule has 2 aromatic rings. The fraction of sp³-hybridized carbons (Fsp3) is 0.467. The molecule has 1 unspecified atom stereocenters. The van der Waals surface area contributed by atoms with Gasteiger partial charge in [-0.3, -0.25) is 0 Å². The second-order valence-electron chi connectivity index (χ2n) is 5.90. The van der Waals surface area contributed by atoms with Gasteiger partial charge in [-0.2, -0.15) is 11.8 Å². The van der Waals surface area contributed by atoms with Crippen molar-refractivity contribution in [3.05, 3.63) is 29.6 Å². The van der Waals surface area contributed by atoms with Gasteiger partial charge in [-0.25, -0.2) is 0 Å². The summed E-state index contributed by atoms with van der Waals surface area (Å²) in [5, 5.41) is 7.22. The molecule has 0 saturated carbocycles. The number of rotatable bonds is 2. The van der Waals surface area contributed by atoms with Gasteiger partial charge in [-0.1, -0.05) is 13.8 Å². The van der Waals surface area contributed by atoms with Crippen molar-refractivity contribution in [2.75, 3.05) is 16.8 Å². The van der Waals surface area contributed by atoms with Gasteiger partial charge in [-0.15, -0.1) is 11.3 Å². The largest absolute Gasteiger partial charge is 0.381 e. The Labute approximate surface area is 117 Å². The van der Waals surface area contributed by atoms with Crippen LogP contribution >= 0.6 is 23.1 Å². The Balaban J connectivity index is 1.75. The van der Waals surface area contributed by atoms with E-state index in [4.69, 9.17) is 0 Å². The van der Waals surface area contributed by atoms with Crippen molar-refractivity contribution in [2.45, 2.75) is 26.3 Å². The second kappa shape index (κ2) is 4.78. The highest BCUT2D eigenvalue weighted by molar-refractivity contribution is 7.99. The average molecular weight is 277 g/mol. The number of thioether (sulfide) groups is 1. The Morgan fingerprint density at radius 1 is 1.28 bits per heavy atom. The van der Waals surface area contributed by atoms with Gasteiger partial charge in [-0.05, 0) is 52.6 Å². The maximum atomic E-state index is 3.70. The number of benzene rings is 1. The van der Waals surface area contributed by atoms with Crippen molar-refractivity contribution in [1.82, 2.24) is 0 Å². The highest BCUT2D eigenvalue weighted by atomic mass is 32.2. The minimum Gasteiger partial charge on any atom is -0.381 e. The van der Waals surface area contributed by atoms with Crippen LogP contribution in [0.4, 0.5) is 5.69 Å². The van der Waals surface area contributed by atoms with Crippen LogP contribution in [-0.4, -0.2) is 17.5 Å². The van der Waals surface area contributed by atoms with Gasteiger partial charge < -0.3 is 5.32 Å². The van der Waals surface area contributed by atoms with Gasteiger partial charge in [0.15, 0.2) is 0 Å². The standard InChI is InChI=1S/C15H19NS2/c1-15(2)8-13(9-17-10-15)16-12-3-4-14-11(7-12)5-6-18-14/h3-7,13,16H,8-10H2,1-2H3. The molecule has 1 saturated heterocycles. The first-order valence-electron chi connectivity index (χ1n) is 6.44. The Morgan fingerprint density at radius 2 is 2.17 bits per heavy atom. The van der Waals surface area contributed by atoms with E-state index in [-0.39, 0.29) is 0 Å². The minimum atomic E-state index is 0.465. The lowest BCUT2D eigenvalue weighted by atomic mass is 9.88. The van der Waals surface area contributed by atoms with Crippen LogP contribution in [0.1, 0.15) is 20.3 Å². The van der Waals surface area contributed by atoms with Crippen molar-refractivity contribution in [3.63, 3.8) is 0 Å². The molecule has 0 amide bonds. The predicted molar refractivity (Wildman–Crippen MR) is 85.0 cm³/mol. The molecule has 1 fully saturated rings. The molecular weight excluding hydrogens is 258 g/mol. The first kappa shape index (κ1) is 12.4. The first-order valence-corrected chi connectivity index (χ1v) is 8.47. The minimum absolute atomic E-state index is 0.465. The number of nitrogens with one attached hydrogen (secondary N) is 1. The van der Waals surface area contributed by atoms with Crippen molar-refractivity contribution >= 4 is 38.9 Å². The zero-order valence-corrected chi connectivity index (χ0v) is 12.5. The second-order valence-corrected chi connectivity index (χ2v) is 7.88. The zero-order valence-electron chi connectivity index (χ0n) is 10.9. The normalized spacial score (nSPS) is 23.1. The lowest BCUT2D eigenvalue weighted by molar-refractivity contribution is 0.358. The topological polar surface area (TPSA) is 12.0 Å². The Morgan fingerprint density at radius 3 is 3.00 bits per heavy atom. The summed E-state index contributed by atoms with van der Waals surface area (Å²) in [6.45, 7) is 4.74. The monoisotopic (exact) mass is 277 g/mol. The van der Waals surface area contributed by atoms with Gasteiger partial charge in [0.1, 0.15) is 0 Å². The van der Waals surface area contributed by atoms with Crippen LogP contribution in [0.25, 0.3) is 10.1 Å². The van der Waals surface area contributed by atoms with E-state index in [1.165, 1.54) is 33.7 Å². The molecule has 1 N–H and O–H groups in total. The number of anilines is 1. The van der Waals surface area contributed by atoms with E-state index in [1.54, 1.807) is 0 Å². The molecule has 1 aromatic heterocycles. The number of hydrogen-bond acceptors (Lipinski definition) is 3. The van der Waals surface area contributed by atoms with Gasteiger partial charge >= 0.3 is 0 Å². The molecule has 0 aliphatic carbocycles. The smallest absolute Gasteiger partial charge is 0.0357 e. The molecule has 1 aromatic carbocycles. The maximum Gasteiger partial charge on any atom is 0.0357 e. The molecule has 1 nitrogen and oxygen atoms in total. The summed E-state index contributed by atoms with van der Waals surface area (Å²) in [5.74, 6) is 2.51. The predicted octanol–water partition coefficient (Wildman–Crippen LogP) is 4.84. The molecule has 1 atom stereocenters. The molecule has 3 heteroatoms. The fourth-order valence-electron chi connectivity index (χ4n) is 2.65. The third kappa shape index (κ3) is 2.67. The maximum absolute atomic E-state index is 3.70. The SMILES string of the molecule is CC1(C)CSCC(Nc2ccc3sccc3c2)C1. The summed E-state index contributed by atoms with van der Waals surface area (Å²) in [7, 11) is 0. The van der Waals surface area contributed by atoms with Crippen molar-refractivity contribution in [3.8, 4) is 0 Å². The van der Waals surface area contributed by atoms with Crippen molar-refractivity contribution in [1.29, 1.82) is 0 Å². The third-order valence-electron chi connectivity index (χ3n) is 3.43. The molecule has 1 aliphatic rings. The number of fused-ring (bicyclic) bond motifs is 1. The van der Waals surface area contributed by atoms with Crippen LogP contribution in [0.5, 0.6) is 0 Å². The number of thiophene rings is 1. The summed E-state index contributed by atoms with van der Waals surface area (Å²) in [4.78, 5) is 0. The quantitative estimate of drug-likeness (QED) is 0.842. The highest BCUT2D eigenvalue weighted by Gasteiger charge is 2.28. The van der Waals surface area contributed by atoms with Gasteiger partial charge in [0.2, 0.25) is 0 Å². The Kier molecular flexibility index (Phi) is 3.29. The Bertz CT molecular complexity index is 544. The highest BCUT2D eigenvalue weighted by Crippen LogP contribution is 2.35. The molecular formula is C15H19NS2. The molecule has 0 spiro atoms. The lowest BCUT2D eigenvalue weighted by Gasteiger charge is -2.35. The van der Waals surface area contributed by atoms with E-state index >= 15 is 0 Å². The summed E-state index contributed by atoms with van der Waals surface area (Å²) < 4.78 is 1.37.